The standard InChI is InChI=1S/C12H10O2S.2C7H8.C6H5ClO2S.C6H5Cl.2C6H6.C2H6O2S.CH3ClO2S.Cl2O2S/c13-15(14,11-7-3-1-4-8-11)12-9-5-2-6-10-12;2*1-7-5-3-2-4-6-7;7-10(8,9)6-4-2-1-3-5-6;7-6-4-2-1-3-5-6;2*1-2-4-6-5-3-1;3*1-5(2,3)4/h1-10H;2*2-6H,1H3;1-5H;1-5H;2*1-6H;1-2H3;1H3;. The third-order valence-corrected chi connectivity index (χ3v) is 10.5. The largest absolute Gasteiger partial charge is 0.317 e. The van der Waals surface area contributed by atoms with Crippen LogP contribution in [0.25, 0.3) is 0 Å². The third kappa shape index (κ3) is 53.1. The summed E-state index contributed by atoms with van der Waals surface area (Å²) < 4.78 is 102. The topological polar surface area (TPSA) is 171 Å². The van der Waals surface area contributed by atoms with Crippen molar-refractivity contribution in [2.75, 3.05) is 18.8 Å². The van der Waals surface area contributed by atoms with Gasteiger partial charge in [0.25, 0.3) is 9.05 Å². The number of rotatable bonds is 3. The summed E-state index contributed by atoms with van der Waals surface area (Å²) in [5, 5.41) is 0.794. The van der Waals surface area contributed by atoms with Crippen LogP contribution in [-0.4, -0.2) is 60.9 Å². The van der Waals surface area contributed by atoms with Gasteiger partial charge >= 0.3 is 8.26 Å². The SMILES string of the molecule is CS(=O)(=O)Cl.CS(C)(=O)=O.Cc1ccccc1.Cc1ccccc1.Clc1ccccc1.O=S(=O)(Cl)Cl.O=S(=O)(Cl)c1ccccc1.O=S(=O)(c1ccccc1)c1ccccc1.c1ccccc1.c1ccccc1. The van der Waals surface area contributed by atoms with E-state index in [2.05, 4.69) is 70.2 Å². The molecule has 0 spiro atoms. The molecule has 0 amide bonds. The number of hydrogen-bond donors (Lipinski definition) is 0. The second-order valence-corrected chi connectivity index (χ2v) is 27.9. The minimum absolute atomic E-state index is 0.136. The fourth-order valence-electron chi connectivity index (χ4n) is 4.17. The molecule has 0 radical (unpaired) electrons. The first-order valence-electron chi connectivity index (χ1n) is 20.8. The molecule has 0 N–H and O–H groups in total. The first kappa shape index (κ1) is 70.0. The Morgan fingerprint density at radius 3 is 0.562 bits per heavy atom. The van der Waals surface area contributed by atoms with Gasteiger partial charge in [-0.2, -0.15) is 8.42 Å². The quantitative estimate of drug-likeness (QED) is 0.155. The van der Waals surface area contributed by atoms with Crippen LogP contribution >= 0.6 is 54.3 Å². The normalized spacial score (nSPS) is 10.1. The lowest BCUT2D eigenvalue weighted by Gasteiger charge is -2.03. The maximum atomic E-state index is 12.0. The van der Waals surface area contributed by atoms with Crippen LogP contribution in [0.4, 0.5) is 0 Å². The summed E-state index contributed by atoms with van der Waals surface area (Å²) >= 11 is 5.54. The van der Waals surface area contributed by atoms with Crippen molar-refractivity contribution in [2.24, 2.45) is 0 Å². The number of aryl methyl sites for hydroxylation is 2. The summed E-state index contributed by atoms with van der Waals surface area (Å²) in [5.74, 6) is 0. The molecule has 73 heavy (non-hydrogen) atoms. The van der Waals surface area contributed by atoms with Crippen molar-refractivity contribution >= 4 is 100 Å². The van der Waals surface area contributed by atoms with E-state index in [0.717, 1.165) is 23.8 Å². The maximum absolute atomic E-state index is 12.0. The molecule has 8 aromatic carbocycles. The molecule has 0 bridgehead atoms. The zero-order valence-electron chi connectivity index (χ0n) is 40.3. The lowest BCUT2D eigenvalue weighted by Crippen LogP contribution is -2.00. The van der Waals surface area contributed by atoms with Crippen LogP contribution in [0.15, 0.2) is 269 Å². The van der Waals surface area contributed by atoms with Crippen LogP contribution in [-0.2, 0) is 46.0 Å². The Labute approximate surface area is 456 Å². The van der Waals surface area contributed by atoms with E-state index in [4.69, 9.17) is 30.7 Å². The summed E-state index contributed by atoms with van der Waals surface area (Å²) in [5.41, 5.74) is 2.64. The highest BCUT2D eigenvalue weighted by Crippen LogP contribution is 2.19. The van der Waals surface area contributed by atoms with E-state index in [-0.39, 0.29) is 4.90 Å². The van der Waals surface area contributed by atoms with Crippen molar-refractivity contribution in [1.29, 1.82) is 0 Å². The zero-order chi connectivity index (χ0) is 55.7. The predicted octanol–water partition coefficient (Wildman–Crippen LogP) is 14.4. The van der Waals surface area contributed by atoms with Crippen LogP contribution in [0.2, 0.25) is 5.02 Å². The summed E-state index contributed by atoms with van der Waals surface area (Å²) in [7, 11) is 1.62. The fourth-order valence-corrected chi connectivity index (χ4v) is 6.41. The van der Waals surface area contributed by atoms with Crippen molar-refractivity contribution < 1.29 is 42.1 Å². The third-order valence-electron chi connectivity index (χ3n) is 7.08. The minimum atomic E-state index is -3.72. The van der Waals surface area contributed by atoms with Crippen LogP contribution in [0.1, 0.15) is 11.1 Å². The number of hydrogen-bond acceptors (Lipinski definition) is 10. The van der Waals surface area contributed by atoms with Gasteiger partial charge in [0.05, 0.1) is 20.9 Å². The van der Waals surface area contributed by atoms with Gasteiger partial charge in [-0.05, 0) is 62.4 Å². The molecule has 0 saturated heterocycles. The highest BCUT2D eigenvalue weighted by molar-refractivity contribution is 8.31. The first-order chi connectivity index (χ1) is 34.0. The average Bonchev–Trinajstić information content (AvgIpc) is 3.34. The molecule has 0 aromatic heterocycles. The smallest absolute Gasteiger partial charge is 0.229 e. The Bertz CT molecular complexity index is 2830. The van der Waals surface area contributed by atoms with Crippen molar-refractivity contribution in [2.45, 2.75) is 28.5 Å². The second-order valence-electron chi connectivity index (χ2n) is 14.0. The highest BCUT2D eigenvalue weighted by Gasteiger charge is 2.15. The molecule has 0 aliphatic rings. The van der Waals surface area contributed by atoms with E-state index in [1.54, 1.807) is 78.9 Å². The van der Waals surface area contributed by atoms with Crippen molar-refractivity contribution in [3.63, 3.8) is 0 Å². The van der Waals surface area contributed by atoms with Gasteiger partial charge in [-0.1, -0.05) is 229 Å². The Morgan fingerprint density at radius 2 is 0.438 bits per heavy atom. The molecule has 394 valence electrons. The molecular weight excluding hydrogens is 1130 g/mol. The van der Waals surface area contributed by atoms with Crippen LogP contribution in [0, 0.1) is 13.8 Å². The van der Waals surface area contributed by atoms with E-state index in [9.17, 15) is 33.7 Å². The molecule has 0 aliphatic heterocycles. The molecule has 0 aliphatic carbocycles. The number of sulfone groups is 2. The lowest BCUT2D eigenvalue weighted by atomic mass is 10.2. The summed E-state index contributed by atoms with van der Waals surface area (Å²) in [6.07, 6.45) is 3.24. The highest BCUT2D eigenvalue weighted by atomic mass is 36.0. The van der Waals surface area contributed by atoms with Gasteiger partial charge < -0.3 is 0 Å². The van der Waals surface area contributed by atoms with Gasteiger partial charge in [0.2, 0.25) is 18.9 Å². The molecule has 0 atom stereocenters. The molecule has 0 heterocycles. The van der Waals surface area contributed by atoms with Gasteiger partial charge in [-0.3, -0.25) is 0 Å². The molecule has 20 heteroatoms. The van der Waals surface area contributed by atoms with E-state index in [1.807, 2.05) is 140 Å². The van der Waals surface area contributed by atoms with Gasteiger partial charge in [-0.15, -0.1) is 0 Å². The summed E-state index contributed by atoms with van der Waals surface area (Å²) in [6.45, 7) is 4.17. The molecular formula is C53H57Cl5O10S5. The summed E-state index contributed by atoms with van der Waals surface area (Å²) in [6, 6.07) is 78.7. The van der Waals surface area contributed by atoms with Gasteiger partial charge in [0, 0.05) is 60.3 Å². The maximum Gasteiger partial charge on any atom is 0.317 e. The summed E-state index contributed by atoms with van der Waals surface area (Å²) in [4.78, 5) is 0.795. The first-order valence-corrected chi connectivity index (χ1v) is 33.1. The van der Waals surface area contributed by atoms with Crippen LogP contribution in [0.3, 0.4) is 0 Å². The Hall–Kier alpha value is -5.04. The number of halogens is 5. The van der Waals surface area contributed by atoms with E-state index >= 15 is 0 Å². The molecule has 0 fully saturated rings. The molecule has 8 rings (SSSR count). The minimum Gasteiger partial charge on any atom is -0.229 e. The predicted molar refractivity (Wildman–Crippen MR) is 307 cm³/mol. The average molecular weight is 1190 g/mol. The Kier molecular flexibility index (Phi) is 38.7. The Balaban J connectivity index is 0. The van der Waals surface area contributed by atoms with Crippen molar-refractivity contribution in [3.8, 4) is 0 Å². The van der Waals surface area contributed by atoms with Crippen LogP contribution in [0.5, 0.6) is 0 Å². The number of benzene rings is 8. The molecule has 8 aromatic rings. The Morgan fingerprint density at radius 1 is 0.288 bits per heavy atom. The van der Waals surface area contributed by atoms with Gasteiger partial charge in [0.1, 0.15) is 9.84 Å². The fraction of sp³-hybridized carbons (Fsp3) is 0.0943. The molecule has 0 saturated carbocycles. The second kappa shape index (κ2) is 40.4. The molecule has 10 nitrogen and oxygen atoms in total. The van der Waals surface area contributed by atoms with E-state index in [0.29, 0.717) is 9.79 Å². The zero-order valence-corrected chi connectivity index (χ0v) is 48.1. The monoisotopic (exact) mass is 1190 g/mol. The van der Waals surface area contributed by atoms with Crippen molar-refractivity contribution in [3.05, 3.63) is 271 Å². The van der Waals surface area contributed by atoms with Gasteiger partial charge in [-0.25, -0.2) is 33.7 Å². The molecule has 0 unspecified atom stereocenters. The van der Waals surface area contributed by atoms with Crippen molar-refractivity contribution in [1.82, 2.24) is 0 Å². The van der Waals surface area contributed by atoms with E-state index in [1.165, 1.54) is 23.3 Å². The van der Waals surface area contributed by atoms with E-state index < -0.39 is 46.0 Å². The van der Waals surface area contributed by atoms with Gasteiger partial charge in [0.15, 0.2) is 0 Å². The lowest BCUT2D eigenvalue weighted by molar-refractivity contribution is 0.595. The van der Waals surface area contributed by atoms with Crippen LogP contribution < -0.4 is 0 Å².